The molecule has 1 aromatic carbocycles. The third-order valence-electron chi connectivity index (χ3n) is 3.33. The molecule has 2 unspecified atom stereocenters. The topological polar surface area (TPSA) is 72.4 Å². The summed E-state index contributed by atoms with van der Waals surface area (Å²) in [6, 6.07) is 3.83. The van der Waals surface area contributed by atoms with Gasteiger partial charge in [-0.15, -0.1) is 0 Å². The van der Waals surface area contributed by atoms with Crippen molar-refractivity contribution in [3.05, 3.63) is 39.7 Å². The summed E-state index contributed by atoms with van der Waals surface area (Å²) in [6.07, 6.45) is 0.986. The number of nitro benzene ring substituents is 1. The Hall–Kier alpha value is -1.53. The van der Waals surface area contributed by atoms with Crippen LogP contribution in [-0.2, 0) is 6.54 Å². The molecule has 2 rings (SSSR count). The van der Waals surface area contributed by atoms with Crippen molar-refractivity contribution in [3.63, 3.8) is 0 Å². The highest BCUT2D eigenvalue weighted by molar-refractivity contribution is 5.35. The molecule has 1 fully saturated rings. The van der Waals surface area contributed by atoms with Crippen LogP contribution in [0.25, 0.3) is 0 Å². The van der Waals surface area contributed by atoms with E-state index in [1.165, 1.54) is 12.1 Å². The van der Waals surface area contributed by atoms with Crippen LogP contribution in [0, 0.1) is 21.8 Å². The van der Waals surface area contributed by atoms with Gasteiger partial charge >= 0.3 is 0 Å². The molecule has 1 aliphatic heterocycles. The number of halogens is 1. The van der Waals surface area contributed by atoms with Crippen LogP contribution < -0.4 is 5.73 Å². The van der Waals surface area contributed by atoms with Crippen LogP contribution in [0.1, 0.15) is 18.9 Å². The Kier molecular flexibility index (Phi) is 4.11. The van der Waals surface area contributed by atoms with E-state index in [1.54, 1.807) is 0 Å². The van der Waals surface area contributed by atoms with Gasteiger partial charge in [0.1, 0.15) is 5.82 Å². The van der Waals surface area contributed by atoms with Crippen molar-refractivity contribution in [3.8, 4) is 0 Å². The van der Waals surface area contributed by atoms with Crippen molar-refractivity contribution in [1.29, 1.82) is 0 Å². The molecule has 0 aromatic heterocycles. The van der Waals surface area contributed by atoms with E-state index in [2.05, 4.69) is 11.8 Å². The highest BCUT2D eigenvalue weighted by atomic mass is 19.1. The van der Waals surface area contributed by atoms with Crippen molar-refractivity contribution in [1.82, 2.24) is 4.90 Å². The van der Waals surface area contributed by atoms with Gasteiger partial charge in [0.25, 0.3) is 5.69 Å². The summed E-state index contributed by atoms with van der Waals surface area (Å²) >= 11 is 0. The Morgan fingerprint density at radius 2 is 2.21 bits per heavy atom. The van der Waals surface area contributed by atoms with Gasteiger partial charge in [0.2, 0.25) is 0 Å². The second-order valence-corrected chi connectivity index (χ2v) is 5.37. The largest absolute Gasteiger partial charge is 0.327 e. The molecule has 0 aliphatic carbocycles. The summed E-state index contributed by atoms with van der Waals surface area (Å²) in [6.45, 7) is 4.25. The number of nitrogens with two attached hydrogens (primary N) is 1. The zero-order valence-electron chi connectivity index (χ0n) is 10.9. The number of benzene rings is 1. The predicted octanol–water partition coefficient (Wildman–Crippen LogP) is 1.90. The molecule has 19 heavy (non-hydrogen) atoms. The molecular weight excluding hydrogens is 249 g/mol. The second kappa shape index (κ2) is 5.63. The van der Waals surface area contributed by atoms with Crippen LogP contribution in [0.4, 0.5) is 10.1 Å². The first-order valence-corrected chi connectivity index (χ1v) is 6.36. The normalized spacial score (nSPS) is 24.4. The number of non-ortho nitro benzene ring substituents is 1. The number of nitro groups is 1. The highest BCUT2D eigenvalue weighted by Crippen LogP contribution is 2.21. The lowest BCUT2D eigenvalue weighted by Crippen LogP contribution is -2.45. The molecule has 2 atom stereocenters. The molecule has 0 radical (unpaired) electrons. The molecule has 0 spiro atoms. The molecule has 1 saturated heterocycles. The first-order chi connectivity index (χ1) is 8.94. The molecular formula is C13H18FN3O2. The summed E-state index contributed by atoms with van der Waals surface area (Å²) in [7, 11) is 0. The van der Waals surface area contributed by atoms with E-state index in [1.807, 2.05) is 0 Å². The summed E-state index contributed by atoms with van der Waals surface area (Å²) in [5.74, 6) is -0.0779. The first-order valence-electron chi connectivity index (χ1n) is 6.36. The molecule has 1 aliphatic rings. The van der Waals surface area contributed by atoms with E-state index in [9.17, 15) is 14.5 Å². The lowest BCUT2D eigenvalue weighted by atomic mass is 9.96. The van der Waals surface area contributed by atoms with Gasteiger partial charge < -0.3 is 5.73 Å². The molecule has 0 amide bonds. The van der Waals surface area contributed by atoms with Crippen molar-refractivity contribution < 1.29 is 9.31 Å². The average molecular weight is 267 g/mol. The van der Waals surface area contributed by atoms with E-state index in [4.69, 9.17) is 5.73 Å². The van der Waals surface area contributed by atoms with Crippen LogP contribution in [0.5, 0.6) is 0 Å². The Bertz CT molecular complexity index is 471. The van der Waals surface area contributed by atoms with Crippen LogP contribution in [0.2, 0.25) is 0 Å². The molecule has 1 heterocycles. The van der Waals surface area contributed by atoms with E-state index in [-0.39, 0.29) is 11.7 Å². The minimum atomic E-state index is -0.572. The van der Waals surface area contributed by atoms with Crippen molar-refractivity contribution in [2.45, 2.75) is 25.9 Å². The number of hydrogen-bond acceptors (Lipinski definition) is 4. The van der Waals surface area contributed by atoms with Gasteiger partial charge in [0, 0.05) is 31.7 Å². The fourth-order valence-corrected chi connectivity index (χ4v) is 2.73. The minimum Gasteiger partial charge on any atom is -0.327 e. The van der Waals surface area contributed by atoms with Crippen molar-refractivity contribution in [2.24, 2.45) is 11.7 Å². The molecule has 6 heteroatoms. The van der Waals surface area contributed by atoms with Crippen molar-refractivity contribution >= 4 is 5.69 Å². The fraction of sp³-hybridized carbons (Fsp3) is 0.538. The van der Waals surface area contributed by atoms with E-state index >= 15 is 0 Å². The number of hydrogen-bond donors (Lipinski definition) is 1. The fourth-order valence-electron chi connectivity index (χ4n) is 2.73. The summed E-state index contributed by atoms with van der Waals surface area (Å²) in [4.78, 5) is 12.3. The van der Waals surface area contributed by atoms with Gasteiger partial charge in [-0.1, -0.05) is 6.92 Å². The summed E-state index contributed by atoms with van der Waals surface area (Å²) in [5.41, 5.74) is 6.37. The number of nitrogens with zero attached hydrogens (tertiary/aromatic N) is 2. The molecule has 1 aromatic rings. The number of rotatable bonds is 3. The maximum Gasteiger partial charge on any atom is 0.272 e. The van der Waals surface area contributed by atoms with Gasteiger partial charge in [-0.3, -0.25) is 15.0 Å². The molecule has 0 saturated carbocycles. The SMILES string of the molecule is CC1CC(N)CN(Cc2cc(F)cc([N+](=O)[O-])c2)C1. The third kappa shape index (κ3) is 3.71. The van der Waals surface area contributed by atoms with Crippen molar-refractivity contribution in [2.75, 3.05) is 13.1 Å². The van der Waals surface area contributed by atoms with Gasteiger partial charge in [-0.25, -0.2) is 4.39 Å². The average Bonchev–Trinajstić information content (AvgIpc) is 2.26. The molecule has 5 nitrogen and oxygen atoms in total. The maximum absolute atomic E-state index is 13.3. The second-order valence-electron chi connectivity index (χ2n) is 5.37. The molecule has 104 valence electrons. The zero-order chi connectivity index (χ0) is 14.0. The Labute approximate surface area is 111 Å². The van der Waals surface area contributed by atoms with E-state index in [0.29, 0.717) is 18.0 Å². The third-order valence-corrected chi connectivity index (χ3v) is 3.33. The van der Waals surface area contributed by atoms with Gasteiger partial charge in [0.15, 0.2) is 0 Å². The zero-order valence-corrected chi connectivity index (χ0v) is 10.9. The highest BCUT2D eigenvalue weighted by Gasteiger charge is 2.22. The van der Waals surface area contributed by atoms with Gasteiger partial charge in [-0.05, 0) is 24.0 Å². The minimum absolute atomic E-state index is 0.118. The van der Waals surface area contributed by atoms with Crippen LogP contribution in [0.3, 0.4) is 0 Å². The van der Waals surface area contributed by atoms with Gasteiger partial charge in [-0.2, -0.15) is 0 Å². The molecule has 0 bridgehead atoms. The Morgan fingerprint density at radius 3 is 2.84 bits per heavy atom. The van der Waals surface area contributed by atoms with Crippen LogP contribution in [-0.4, -0.2) is 29.0 Å². The smallest absolute Gasteiger partial charge is 0.272 e. The number of likely N-dealkylation sites (tertiary alicyclic amines) is 1. The van der Waals surface area contributed by atoms with Crippen LogP contribution >= 0.6 is 0 Å². The van der Waals surface area contributed by atoms with E-state index in [0.717, 1.165) is 25.6 Å². The Morgan fingerprint density at radius 1 is 1.47 bits per heavy atom. The first kappa shape index (κ1) is 13.9. The standard InChI is InChI=1S/C13H18FN3O2/c1-9-2-12(15)8-16(6-9)7-10-3-11(14)5-13(4-10)17(18)19/h3-5,9,12H,2,6-8,15H2,1H3. The number of piperidine rings is 1. The van der Waals surface area contributed by atoms with E-state index < -0.39 is 10.7 Å². The summed E-state index contributed by atoms with van der Waals surface area (Å²) < 4.78 is 13.3. The van der Waals surface area contributed by atoms with Gasteiger partial charge in [0.05, 0.1) is 11.0 Å². The lowest BCUT2D eigenvalue weighted by molar-refractivity contribution is -0.385. The van der Waals surface area contributed by atoms with Crippen LogP contribution in [0.15, 0.2) is 18.2 Å². The summed E-state index contributed by atoms with van der Waals surface area (Å²) in [5, 5.41) is 10.7. The predicted molar refractivity (Wildman–Crippen MR) is 70.1 cm³/mol. The quantitative estimate of drug-likeness (QED) is 0.670. The molecule has 2 N–H and O–H groups in total. The maximum atomic E-state index is 13.3. The Balaban J connectivity index is 2.12. The lowest BCUT2D eigenvalue weighted by Gasteiger charge is -2.34. The monoisotopic (exact) mass is 267 g/mol.